The van der Waals surface area contributed by atoms with Crippen molar-refractivity contribution in [3.05, 3.63) is 48.2 Å². The molecule has 0 saturated heterocycles. The number of benzene rings is 1. The fourth-order valence-electron chi connectivity index (χ4n) is 1.79. The minimum atomic E-state index is 0.475. The molecule has 0 radical (unpaired) electrons. The van der Waals surface area contributed by atoms with Gasteiger partial charge in [-0.2, -0.15) is 0 Å². The quantitative estimate of drug-likeness (QED) is 0.628. The molecule has 0 bridgehead atoms. The predicted octanol–water partition coefficient (Wildman–Crippen LogP) is 2.70. The van der Waals surface area contributed by atoms with E-state index in [0.29, 0.717) is 17.0 Å². The van der Waals surface area contributed by atoms with Gasteiger partial charge in [-0.15, -0.1) is 0 Å². The zero-order chi connectivity index (χ0) is 11.7. The molecule has 2 heterocycles. The van der Waals surface area contributed by atoms with Crippen LogP contribution in [0, 0.1) is 0 Å². The van der Waals surface area contributed by atoms with Crippen LogP contribution < -0.4 is 0 Å². The molecule has 0 N–H and O–H groups in total. The Morgan fingerprint density at radius 3 is 2.88 bits per heavy atom. The Balaban J connectivity index is 2.31. The minimum absolute atomic E-state index is 0.475. The number of pyridine rings is 1. The maximum absolute atomic E-state index is 11.0. The van der Waals surface area contributed by atoms with Gasteiger partial charge in [0, 0.05) is 17.3 Å². The molecule has 0 aliphatic heterocycles. The summed E-state index contributed by atoms with van der Waals surface area (Å²) in [6.45, 7) is 0. The van der Waals surface area contributed by atoms with Crippen LogP contribution in [0.15, 0.2) is 47.1 Å². The van der Waals surface area contributed by atoms with Crippen LogP contribution in [0.5, 0.6) is 0 Å². The second-order valence-electron chi connectivity index (χ2n) is 3.59. The first kappa shape index (κ1) is 9.72. The van der Waals surface area contributed by atoms with Gasteiger partial charge in [0.15, 0.2) is 6.29 Å². The average Bonchev–Trinajstić information content (AvgIpc) is 2.82. The normalized spacial score (nSPS) is 10.6. The van der Waals surface area contributed by atoms with Crippen LogP contribution in [0.3, 0.4) is 0 Å². The Morgan fingerprint density at radius 2 is 2.00 bits per heavy atom. The fourth-order valence-corrected chi connectivity index (χ4v) is 1.79. The Morgan fingerprint density at radius 1 is 1.12 bits per heavy atom. The van der Waals surface area contributed by atoms with Gasteiger partial charge in [0.1, 0.15) is 5.69 Å². The lowest BCUT2D eigenvalue weighted by atomic mass is 10.0. The highest BCUT2D eigenvalue weighted by atomic mass is 16.5. The monoisotopic (exact) mass is 224 g/mol. The lowest BCUT2D eigenvalue weighted by Crippen LogP contribution is -1.87. The van der Waals surface area contributed by atoms with Crippen LogP contribution >= 0.6 is 0 Å². The van der Waals surface area contributed by atoms with Gasteiger partial charge in [-0.3, -0.25) is 4.79 Å². The predicted molar refractivity (Wildman–Crippen MR) is 62.6 cm³/mol. The summed E-state index contributed by atoms with van der Waals surface area (Å²) in [5.74, 6) is 0. The molecule has 0 aliphatic rings. The van der Waals surface area contributed by atoms with Gasteiger partial charge in [0.05, 0.1) is 5.39 Å². The number of fused-ring (bicyclic) bond motifs is 1. The van der Waals surface area contributed by atoms with Crippen molar-refractivity contribution >= 4 is 17.4 Å². The largest absolute Gasteiger partial charge is 0.335 e. The molecule has 3 aromatic rings. The molecular weight excluding hydrogens is 216 g/mol. The Labute approximate surface area is 96.9 Å². The molecule has 17 heavy (non-hydrogen) atoms. The molecule has 0 unspecified atom stereocenters. The summed E-state index contributed by atoms with van der Waals surface area (Å²) in [5, 5.41) is 4.78. The molecule has 0 amide bonds. The highest BCUT2D eigenvalue weighted by Gasteiger charge is 2.13. The van der Waals surface area contributed by atoms with E-state index in [1.54, 1.807) is 12.3 Å². The fraction of sp³-hybridized carbons (Fsp3) is 0. The van der Waals surface area contributed by atoms with E-state index in [9.17, 15) is 4.79 Å². The van der Waals surface area contributed by atoms with Crippen molar-refractivity contribution in [2.45, 2.75) is 0 Å². The minimum Gasteiger partial charge on any atom is -0.335 e. The van der Waals surface area contributed by atoms with Crippen LogP contribution in [-0.2, 0) is 0 Å². The third-order valence-electron chi connectivity index (χ3n) is 2.59. The SMILES string of the molecule is O=Cc1ccccc1-c1noc2ncccc12. The molecule has 1 aromatic carbocycles. The molecule has 4 heteroatoms. The molecule has 0 saturated carbocycles. The summed E-state index contributed by atoms with van der Waals surface area (Å²) in [7, 11) is 0. The van der Waals surface area contributed by atoms with Gasteiger partial charge in [-0.05, 0) is 12.1 Å². The van der Waals surface area contributed by atoms with E-state index in [-0.39, 0.29) is 0 Å². The van der Waals surface area contributed by atoms with E-state index in [4.69, 9.17) is 4.52 Å². The summed E-state index contributed by atoms with van der Waals surface area (Å²) in [6.07, 6.45) is 2.45. The molecule has 0 spiro atoms. The summed E-state index contributed by atoms with van der Waals surface area (Å²) in [6, 6.07) is 10.9. The van der Waals surface area contributed by atoms with Crippen LogP contribution in [0.1, 0.15) is 10.4 Å². The Hall–Kier alpha value is -2.49. The molecular formula is C13H8N2O2. The maximum Gasteiger partial charge on any atom is 0.258 e. The zero-order valence-corrected chi connectivity index (χ0v) is 8.83. The first-order chi connectivity index (χ1) is 8.40. The van der Waals surface area contributed by atoms with Crippen LogP contribution in [0.2, 0.25) is 0 Å². The van der Waals surface area contributed by atoms with Crippen molar-refractivity contribution in [2.24, 2.45) is 0 Å². The molecule has 0 fully saturated rings. The summed E-state index contributed by atoms with van der Waals surface area (Å²) in [5.41, 5.74) is 2.47. The van der Waals surface area contributed by atoms with E-state index >= 15 is 0 Å². The lowest BCUT2D eigenvalue weighted by Gasteiger charge is -1.99. The van der Waals surface area contributed by atoms with Crippen molar-refractivity contribution in [1.29, 1.82) is 0 Å². The molecule has 2 aromatic heterocycles. The van der Waals surface area contributed by atoms with Crippen LogP contribution in [0.4, 0.5) is 0 Å². The van der Waals surface area contributed by atoms with Gasteiger partial charge in [-0.25, -0.2) is 4.98 Å². The van der Waals surface area contributed by atoms with Gasteiger partial charge < -0.3 is 4.52 Å². The first-order valence-electron chi connectivity index (χ1n) is 5.15. The van der Waals surface area contributed by atoms with Crippen molar-refractivity contribution < 1.29 is 9.32 Å². The highest BCUT2D eigenvalue weighted by molar-refractivity contribution is 5.95. The summed E-state index contributed by atoms with van der Waals surface area (Å²) in [4.78, 5) is 15.0. The van der Waals surface area contributed by atoms with Gasteiger partial charge in [0.2, 0.25) is 0 Å². The Bertz CT molecular complexity index is 688. The number of nitrogens with zero attached hydrogens (tertiary/aromatic N) is 2. The number of carbonyl (C=O) groups excluding carboxylic acids is 1. The van der Waals surface area contributed by atoms with E-state index < -0.39 is 0 Å². The van der Waals surface area contributed by atoms with E-state index in [1.807, 2.05) is 30.3 Å². The van der Waals surface area contributed by atoms with Crippen LogP contribution in [0.25, 0.3) is 22.4 Å². The van der Waals surface area contributed by atoms with Crippen molar-refractivity contribution in [3.8, 4) is 11.3 Å². The third kappa shape index (κ3) is 1.50. The van der Waals surface area contributed by atoms with E-state index in [0.717, 1.165) is 17.2 Å². The number of hydrogen-bond donors (Lipinski definition) is 0. The molecule has 0 atom stereocenters. The number of rotatable bonds is 2. The third-order valence-corrected chi connectivity index (χ3v) is 2.59. The van der Waals surface area contributed by atoms with Gasteiger partial charge in [0.25, 0.3) is 5.71 Å². The van der Waals surface area contributed by atoms with E-state index in [1.165, 1.54) is 0 Å². The average molecular weight is 224 g/mol. The van der Waals surface area contributed by atoms with Crippen molar-refractivity contribution in [3.63, 3.8) is 0 Å². The zero-order valence-electron chi connectivity index (χ0n) is 8.83. The summed E-state index contributed by atoms with van der Waals surface area (Å²) >= 11 is 0. The smallest absolute Gasteiger partial charge is 0.258 e. The Kier molecular flexibility index (Phi) is 2.19. The molecule has 3 rings (SSSR count). The van der Waals surface area contributed by atoms with Crippen molar-refractivity contribution in [1.82, 2.24) is 10.1 Å². The molecule has 4 nitrogen and oxygen atoms in total. The highest BCUT2D eigenvalue weighted by Crippen LogP contribution is 2.28. The van der Waals surface area contributed by atoms with Gasteiger partial charge in [-0.1, -0.05) is 29.4 Å². The maximum atomic E-state index is 11.0. The van der Waals surface area contributed by atoms with E-state index in [2.05, 4.69) is 10.1 Å². The number of hydrogen-bond acceptors (Lipinski definition) is 4. The lowest BCUT2D eigenvalue weighted by molar-refractivity contribution is 0.112. The number of carbonyl (C=O) groups is 1. The van der Waals surface area contributed by atoms with Gasteiger partial charge >= 0.3 is 0 Å². The number of aromatic nitrogens is 2. The second-order valence-corrected chi connectivity index (χ2v) is 3.59. The molecule has 82 valence electrons. The summed E-state index contributed by atoms with van der Waals surface area (Å²) < 4.78 is 5.13. The second kappa shape index (κ2) is 3.83. The van der Waals surface area contributed by atoms with Crippen molar-refractivity contribution in [2.75, 3.05) is 0 Å². The standard InChI is InChI=1S/C13H8N2O2/c16-8-9-4-1-2-5-10(9)12-11-6-3-7-14-13(11)17-15-12/h1-8H. The van der Waals surface area contributed by atoms with Crippen LogP contribution in [-0.4, -0.2) is 16.4 Å². The molecule has 0 aliphatic carbocycles. The topological polar surface area (TPSA) is 56.0 Å². The first-order valence-corrected chi connectivity index (χ1v) is 5.15. The number of aldehydes is 1.